The first-order valence-corrected chi connectivity index (χ1v) is 7.52. The number of hydrogen-bond donors (Lipinski definition) is 1. The van der Waals surface area contributed by atoms with Crippen molar-refractivity contribution in [3.63, 3.8) is 0 Å². The maximum atomic E-state index is 11.6. The van der Waals surface area contributed by atoms with Crippen molar-refractivity contribution in [2.45, 2.75) is 26.3 Å². The fourth-order valence-electron chi connectivity index (χ4n) is 2.45. The molecule has 7 nitrogen and oxygen atoms in total. The molecule has 1 aliphatic rings. The lowest BCUT2D eigenvalue weighted by Gasteiger charge is -2.15. The molecule has 0 unspecified atom stereocenters. The van der Waals surface area contributed by atoms with E-state index in [0.717, 1.165) is 30.4 Å². The number of carbonyl (C=O) groups is 1. The molecule has 2 aromatic heterocycles. The van der Waals surface area contributed by atoms with Crippen LogP contribution in [0.4, 0.5) is 4.79 Å². The largest absolute Gasteiger partial charge is 0.336 e. The lowest BCUT2D eigenvalue weighted by molar-refractivity contribution is 0.215. The minimum atomic E-state index is 0.00537. The number of urea groups is 1. The zero-order valence-electron chi connectivity index (χ0n) is 12.9. The highest BCUT2D eigenvalue weighted by Gasteiger charge is 2.19. The number of amides is 2. The van der Waals surface area contributed by atoms with E-state index in [1.54, 1.807) is 12.4 Å². The molecule has 116 valence electrons. The molecular weight excluding hydrogens is 280 g/mol. The van der Waals surface area contributed by atoms with E-state index in [-0.39, 0.29) is 11.9 Å². The topological polar surface area (TPSA) is 75.9 Å². The third-order valence-electron chi connectivity index (χ3n) is 3.69. The summed E-state index contributed by atoms with van der Waals surface area (Å²) in [7, 11) is 0. The van der Waals surface area contributed by atoms with Gasteiger partial charge in [0.15, 0.2) is 5.82 Å². The minimum Gasteiger partial charge on any atom is -0.336 e. The molecule has 0 saturated carbocycles. The minimum absolute atomic E-state index is 0.00537. The van der Waals surface area contributed by atoms with Crippen LogP contribution in [0, 0.1) is 0 Å². The summed E-state index contributed by atoms with van der Waals surface area (Å²) in [5, 5.41) is 2.81. The number of nitrogens with zero attached hydrogens (tertiary/aromatic N) is 5. The summed E-state index contributed by atoms with van der Waals surface area (Å²) >= 11 is 0. The average Bonchev–Trinajstić information content (AvgIpc) is 3.14. The van der Waals surface area contributed by atoms with E-state index in [1.807, 2.05) is 21.7 Å². The van der Waals surface area contributed by atoms with Crippen molar-refractivity contribution in [2.24, 2.45) is 0 Å². The molecule has 0 spiro atoms. The first kappa shape index (κ1) is 14.5. The van der Waals surface area contributed by atoms with E-state index < -0.39 is 0 Å². The third-order valence-corrected chi connectivity index (χ3v) is 3.69. The van der Waals surface area contributed by atoms with Crippen molar-refractivity contribution in [3.8, 4) is 11.5 Å². The highest BCUT2D eigenvalue weighted by atomic mass is 16.2. The van der Waals surface area contributed by atoms with Crippen molar-refractivity contribution >= 4 is 6.03 Å². The van der Waals surface area contributed by atoms with Crippen LogP contribution in [0.5, 0.6) is 0 Å². The average molecular weight is 300 g/mol. The number of rotatable bonds is 5. The van der Waals surface area contributed by atoms with Crippen LogP contribution in [-0.4, -0.2) is 50.1 Å². The molecule has 0 aromatic carbocycles. The third kappa shape index (κ3) is 2.93. The lowest BCUT2D eigenvalue weighted by Crippen LogP contribution is -2.31. The van der Waals surface area contributed by atoms with Gasteiger partial charge in [-0.15, -0.1) is 0 Å². The van der Waals surface area contributed by atoms with E-state index in [2.05, 4.69) is 34.1 Å². The summed E-state index contributed by atoms with van der Waals surface area (Å²) in [5.41, 5.74) is 0.814. The van der Waals surface area contributed by atoms with Gasteiger partial charge < -0.3 is 14.8 Å². The summed E-state index contributed by atoms with van der Waals surface area (Å²) < 4.78 is 2.03. The molecule has 0 bridgehead atoms. The van der Waals surface area contributed by atoms with Gasteiger partial charge in [-0.1, -0.05) is 13.8 Å². The Labute approximate surface area is 129 Å². The van der Waals surface area contributed by atoms with E-state index >= 15 is 0 Å². The zero-order chi connectivity index (χ0) is 15.5. The number of imidazole rings is 1. The molecule has 22 heavy (non-hydrogen) atoms. The van der Waals surface area contributed by atoms with Crippen molar-refractivity contribution in [1.29, 1.82) is 0 Å². The highest BCUT2D eigenvalue weighted by Crippen LogP contribution is 2.17. The fourth-order valence-corrected chi connectivity index (χ4v) is 2.45. The molecule has 1 N–H and O–H groups in total. The van der Waals surface area contributed by atoms with Crippen molar-refractivity contribution in [3.05, 3.63) is 30.5 Å². The van der Waals surface area contributed by atoms with Crippen LogP contribution in [0.2, 0.25) is 0 Å². The van der Waals surface area contributed by atoms with Crippen molar-refractivity contribution in [1.82, 2.24) is 29.7 Å². The number of nitrogens with one attached hydrogen (secondary N) is 1. The van der Waals surface area contributed by atoms with Gasteiger partial charge in [0.05, 0.1) is 0 Å². The molecule has 7 heteroatoms. The quantitative estimate of drug-likeness (QED) is 0.907. The fraction of sp³-hybridized carbons (Fsp3) is 0.467. The van der Waals surface area contributed by atoms with Gasteiger partial charge in [0.25, 0.3) is 0 Å². The lowest BCUT2D eigenvalue weighted by atomic mass is 10.2. The van der Waals surface area contributed by atoms with Gasteiger partial charge in [-0.25, -0.2) is 19.7 Å². The van der Waals surface area contributed by atoms with Gasteiger partial charge in [0.1, 0.15) is 11.5 Å². The maximum Gasteiger partial charge on any atom is 0.317 e. The highest BCUT2D eigenvalue weighted by molar-refractivity contribution is 5.76. The van der Waals surface area contributed by atoms with Gasteiger partial charge in [-0.2, -0.15) is 0 Å². The molecule has 3 rings (SSSR count). The first-order chi connectivity index (χ1) is 10.6. The second-order valence-electron chi connectivity index (χ2n) is 5.62. The molecule has 0 radical (unpaired) electrons. The Morgan fingerprint density at radius 3 is 2.86 bits per heavy atom. The monoisotopic (exact) mass is 300 g/mol. The predicted octanol–water partition coefficient (Wildman–Crippen LogP) is 1.49. The molecular formula is C15H20N6O. The van der Waals surface area contributed by atoms with Gasteiger partial charge in [0, 0.05) is 50.7 Å². The van der Waals surface area contributed by atoms with E-state index in [4.69, 9.17) is 0 Å². The summed E-state index contributed by atoms with van der Waals surface area (Å²) in [6, 6.07) is 1.87. The normalized spacial score (nSPS) is 14.7. The number of hydrogen-bond acceptors (Lipinski definition) is 4. The van der Waals surface area contributed by atoms with Crippen LogP contribution < -0.4 is 5.32 Å². The Balaban J connectivity index is 1.77. The van der Waals surface area contributed by atoms with Crippen LogP contribution in [0.15, 0.2) is 24.7 Å². The standard InChI is InChI=1S/C15H20N6O/c1-11(2)13-16-4-3-12(19-13)14-17-5-7-20(14)9-10-21-8-6-18-15(21)22/h3-5,7,11H,6,8-10H2,1-2H3,(H,18,22). The molecule has 1 saturated heterocycles. The molecule has 2 amide bonds. The summed E-state index contributed by atoms with van der Waals surface area (Å²) in [6.45, 7) is 6.98. The Morgan fingerprint density at radius 1 is 1.27 bits per heavy atom. The Bertz CT molecular complexity index is 666. The second kappa shape index (κ2) is 6.13. The van der Waals surface area contributed by atoms with Crippen LogP contribution in [0.1, 0.15) is 25.6 Å². The smallest absolute Gasteiger partial charge is 0.317 e. The zero-order valence-corrected chi connectivity index (χ0v) is 12.9. The second-order valence-corrected chi connectivity index (χ2v) is 5.62. The van der Waals surface area contributed by atoms with Crippen molar-refractivity contribution in [2.75, 3.05) is 19.6 Å². The van der Waals surface area contributed by atoms with Gasteiger partial charge in [-0.3, -0.25) is 0 Å². The number of carbonyl (C=O) groups excluding carboxylic acids is 1. The number of aromatic nitrogens is 4. The summed E-state index contributed by atoms with van der Waals surface area (Å²) in [4.78, 5) is 26.7. The van der Waals surface area contributed by atoms with E-state index in [0.29, 0.717) is 13.1 Å². The Kier molecular flexibility index (Phi) is 4.04. The molecule has 1 aliphatic heterocycles. The molecule has 2 aromatic rings. The SMILES string of the molecule is CC(C)c1nccc(-c2nccn2CCN2CCNC2=O)n1. The van der Waals surface area contributed by atoms with E-state index in [1.165, 1.54) is 0 Å². The first-order valence-electron chi connectivity index (χ1n) is 7.52. The molecule has 3 heterocycles. The Hall–Kier alpha value is -2.44. The van der Waals surface area contributed by atoms with Gasteiger partial charge >= 0.3 is 6.03 Å². The van der Waals surface area contributed by atoms with Gasteiger partial charge in [-0.05, 0) is 6.07 Å². The van der Waals surface area contributed by atoms with Crippen LogP contribution >= 0.6 is 0 Å². The molecule has 0 aliphatic carbocycles. The van der Waals surface area contributed by atoms with Crippen LogP contribution in [-0.2, 0) is 6.54 Å². The summed E-state index contributed by atoms with van der Waals surface area (Å²) in [6.07, 6.45) is 5.45. The molecule has 1 fully saturated rings. The van der Waals surface area contributed by atoms with E-state index in [9.17, 15) is 4.79 Å². The van der Waals surface area contributed by atoms with Crippen LogP contribution in [0.3, 0.4) is 0 Å². The predicted molar refractivity (Wildman–Crippen MR) is 82.3 cm³/mol. The Morgan fingerprint density at radius 2 is 2.14 bits per heavy atom. The van der Waals surface area contributed by atoms with Crippen LogP contribution in [0.25, 0.3) is 11.5 Å². The maximum absolute atomic E-state index is 11.6. The van der Waals surface area contributed by atoms with Gasteiger partial charge in [0.2, 0.25) is 0 Å². The molecule has 0 atom stereocenters. The summed E-state index contributed by atoms with van der Waals surface area (Å²) in [5.74, 6) is 1.89. The van der Waals surface area contributed by atoms with Crippen molar-refractivity contribution < 1.29 is 4.79 Å².